The second-order valence-electron chi connectivity index (χ2n) is 12.6. The van der Waals surface area contributed by atoms with Gasteiger partial charge in [-0.1, -0.05) is 121 Å². The van der Waals surface area contributed by atoms with Crippen LogP contribution in [0, 0.1) is 0 Å². The molecule has 0 N–H and O–H groups in total. The SMILES string of the molecule is c1ccc(-c2ccc(N(c3ccc4c(ccc5sc6ccccc6c54)c3)c3cccc4c5ccccc5n(-c5ccccc5)c34)cc2)cc1. The summed E-state index contributed by atoms with van der Waals surface area (Å²) in [6.45, 7) is 0. The van der Waals surface area contributed by atoms with Crippen LogP contribution in [0.5, 0.6) is 0 Å². The van der Waals surface area contributed by atoms with Crippen molar-refractivity contribution in [1.29, 1.82) is 0 Å². The highest BCUT2D eigenvalue weighted by molar-refractivity contribution is 7.26. The van der Waals surface area contributed by atoms with Gasteiger partial charge in [-0.05, 0) is 82.6 Å². The third kappa shape index (κ3) is 4.47. The summed E-state index contributed by atoms with van der Waals surface area (Å²) >= 11 is 1.87. The van der Waals surface area contributed by atoms with Crippen LogP contribution in [-0.2, 0) is 0 Å². The predicted octanol–water partition coefficient (Wildman–Crippen LogP) is 13.4. The molecule has 0 fully saturated rings. The summed E-state index contributed by atoms with van der Waals surface area (Å²) in [5.41, 5.74) is 9.30. The number of benzene rings is 8. The van der Waals surface area contributed by atoms with Gasteiger partial charge in [-0.15, -0.1) is 11.3 Å². The van der Waals surface area contributed by atoms with Gasteiger partial charge in [0.05, 0.1) is 16.7 Å². The summed E-state index contributed by atoms with van der Waals surface area (Å²) in [6, 6.07) is 66.2. The number of fused-ring (bicyclic) bond motifs is 8. The fourth-order valence-corrected chi connectivity index (χ4v) is 8.69. The Kier molecular flexibility index (Phi) is 6.39. The topological polar surface area (TPSA) is 8.17 Å². The third-order valence-electron chi connectivity index (χ3n) is 9.76. The van der Waals surface area contributed by atoms with Crippen molar-refractivity contribution in [2.45, 2.75) is 0 Å². The standard InChI is InChI=1S/C46H30N2S/c1-3-12-31(13-4-1)32-22-25-35(26-23-32)47(36-27-28-37-33(30-36)24-29-44-45(37)40-17-8-10-21-43(40)49-44)42-20-11-18-39-38-16-7-9-19-41(38)48(46(39)42)34-14-5-2-6-15-34/h1-30H. The van der Waals surface area contributed by atoms with Gasteiger partial charge in [-0.25, -0.2) is 0 Å². The van der Waals surface area contributed by atoms with Crippen LogP contribution in [0.1, 0.15) is 0 Å². The van der Waals surface area contributed by atoms with Crippen LogP contribution in [0.2, 0.25) is 0 Å². The Labute approximate surface area is 288 Å². The molecule has 2 aromatic heterocycles. The Morgan fingerprint density at radius 2 is 1.10 bits per heavy atom. The number of thiophene rings is 1. The zero-order valence-corrected chi connectivity index (χ0v) is 27.4. The van der Waals surface area contributed by atoms with Crippen molar-refractivity contribution in [3.63, 3.8) is 0 Å². The highest BCUT2D eigenvalue weighted by atomic mass is 32.1. The molecule has 0 atom stereocenters. The number of anilines is 3. The molecule has 8 aromatic carbocycles. The lowest BCUT2D eigenvalue weighted by Crippen LogP contribution is -2.11. The number of hydrogen-bond acceptors (Lipinski definition) is 2. The number of rotatable bonds is 5. The van der Waals surface area contributed by atoms with Crippen LogP contribution in [0.3, 0.4) is 0 Å². The summed E-state index contributed by atoms with van der Waals surface area (Å²) in [4.78, 5) is 2.44. The normalized spacial score (nSPS) is 11.7. The fraction of sp³-hybridized carbons (Fsp3) is 0. The Hall–Kier alpha value is -6.16. The smallest absolute Gasteiger partial charge is 0.0782 e. The average molecular weight is 643 g/mol. The zero-order valence-electron chi connectivity index (χ0n) is 26.6. The lowest BCUT2D eigenvalue weighted by Gasteiger charge is -2.27. The molecule has 49 heavy (non-hydrogen) atoms. The van der Waals surface area contributed by atoms with Gasteiger partial charge in [0.1, 0.15) is 0 Å². The van der Waals surface area contributed by atoms with Crippen LogP contribution < -0.4 is 4.90 Å². The molecule has 0 amide bonds. The van der Waals surface area contributed by atoms with E-state index >= 15 is 0 Å². The van der Waals surface area contributed by atoms with E-state index in [4.69, 9.17) is 0 Å². The molecular formula is C46H30N2S. The number of nitrogens with zero attached hydrogens (tertiary/aromatic N) is 2. The van der Waals surface area contributed by atoms with E-state index in [1.54, 1.807) is 0 Å². The number of hydrogen-bond donors (Lipinski definition) is 0. The van der Waals surface area contributed by atoms with Crippen molar-refractivity contribution in [3.05, 3.63) is 182 Å². The molecule has 10 rings (SSSR count). The van der Waals surface area contributed by atoms with E-state index in [9.17, 15) is 0 Å². The van der Waals surface area contributed by atoms with Crippen molar-refractivity contribution < 1.29 is 0 Å². The monoisotopic (exact) mass is 642 g/mol. The van der Waals surface area contributed by atoms with Crippen molar-refractivity contribution >= 4 is 81.1 Å². The molecule has 230 valence electrons. The highest BCUT2D eigenvalue weighted by Gasteiger charge is 2.22. The van der Waals surface area contributed by atoms with E-state index in [2.05, 4.69) is 191 Å². The molecule has 0 radical (unpaired) electrons. The molecule has 0 spiro atoms. The minimum Gasteiger partial charge on any atom is -0.308 e. The minimum atomic E-state index is 1.11. The van der Waals surface area contributed by atoms with Crippen LogP contribution in [0.15, 0.2) is 182 Å². The fourth-order valence-electron chi connectivity index (χ4n) is 7.57. The maximum absolute atomic E-state index is 2.44. The van der Waals surface area contributed by atoms with E-state index in [0.717, 1.165) is 22.7 Å². The Balaban J connectivity index is 1.25. The van der Waals surface area contributed by atoms with E-state index in [-0.39, 0.29) is 0 Å². The summed E-state index contributed by atoms with van der Waals surface area (Å²) in [7, 11) is 0. The molecule has 0 unspecified atom stereocenters. The summed E-state index contributed by atoms with van der Waals surface area (Å²) < 4.78 is 5.08. The van der Waals surface area contributed by atoms with Crippen molar-refractivity contribution in [3.8, 4) is 16.8 Å². The molecule has 2 nitrogen and oxygen atoms in total. The molecule has 2 heterocycles. The first-order valence-electron chi connectivity index (χ1n) is 16.7. The number of aromatic nitrogens is 1. The molecule has 0 bridgehead atoms. The maximum atomic E-state index is 2.44. The van der Waals surface area contributed by atoms with E-state index < -0.39 is 0 Å². The summed E-state index contributed by atoms with van der Waals surface area (Å²) in [5.74, 6) is 0. The van der Waals surface area contributed by atoms with Gasteiger partial charge in [0, 0.05) is 48.0 Å². The van der Waals surface area contributed by atoms with Crippen LogP contribution in [0.4, 0.5) is 17.1 Å². The quantitative estimate of drug-likeness (QED) is 0.181. The van der Waals surface area contributed by atoms with Crippen molar-refractivity contribution in [2.24, 2.45) is 0 Å². The second-order valence-corrected chi connectivity index (χ2v) is 13.6. The Bertz CT molecular complexity index is 2810. The van der Waals surface area contributed by atoms with E-state index in [1.165, 1.54) is 63.9 Å². The molecule has 0 aliphatic heterocycles. The second kappa shape index (κ2) is 11.2. The first kappa shape index (κ1) is 27.9. The Morgan fingerprint density at radius 3 is 1.94 bits per heavy atom. The van der Waals surface area contributed by atoms with Gasteiger partial charge in [0.15, 0.2) is 0 Å². The molecule has 3 heteroatoms. The largest absolute Gasteiger partial charge is 0.308 e. The molecule has 0 aliphatic carbocycles. The predicted molar refractivity (Wildman–Crippen MR) is 211 cm³/mol. The lowest BCUT2D eigenvalue weighted by molar-refractivity contribution is 1.17. The summed E-state index contributed by atoms with van der Waals surface area (Å²) in [6.07, 6.45) is 0. The Morgan fingerprint density at radius 1 is 0.429 bits per heavy atom. The van der Waals surface area contributed by atoms with E-state index in [1.807, 2.05) is 11.3 Å². The zero-order chi connectivity index (χ0) is 32.3. The van der Waals surface area contributed by atoms with Gasteiger partial charge >= 0.3 is 0 Å². The van der Waals surface area contributed by atoms with Crippen LogP contribution in [-0.4, -0.2) is 4.57 Å². The number of para-hydroxylation sites is 3. The molecule has 0 saturated carbocycles. The average Bonchev–Trinajstić information content (AvgIpc) is 3.73. The lowest BCUT2D eigenvalue weighted by atomic mass is 10.0. The first-order chi connectivity index (χ1) is 24.3. The van der Waals surface area contributed by atoms with Gasteiger partial charge in [-0.3, -0.25) is 0 Å². The van der Waals surface area contributed by atoms with Gasteiger partial charge < -0.3 is 9.47 Å². The van der Waals surface area contributed by atoms with Crippen molar-refractivity contribution in [1.82, 2.24) is 4.57 Å². The highest BCUT2D eigenvalue weighted by Crippen LogP contribution is 2.45. The maximum Gasteiger partial charge on any atom is 0.0782 e. The minimum absolute atomic E-state index is 1.11. The van der Waals surface area contributed by atoms with Crippen LogP contribution >= 0.6 is 11.3 Å². The molecule has 10 aromatic rings. The molecule has 0 aliphatic rings. The van der Waals surface area contributed by atoms with Gasteiger partial charge in [0.25, 0.3) is 0 Å². The summed E-state index contributed by atoms with van der Waals surface area (Å²) in [5, 5.41) is 7.66. The van der Waals surface area contributed by atoms with E-state index in [0.29, 0.717) is 0 Å². The molecule has 0 saturated heterocycles. The van der Waals surface area contributed by atoms with Gasteiger partial charge in [0.2, 0.25) is 0 Å². The first-order valence-corrected chi connectivity index (χ1v) is 17.5. The van der Waals surface area contributed by atoms with Gasteiger partial charge in [-0.2, -0.15) is 0 Å². The molecular weight excluding hydrogens is 613 g/mol. The van der Waals surface area contributed by atoms with Crippen LogP contribution in [0.25, 0.3) is 69.6 Å². The third-order valence-corrected chi connectivity index (χ3v) is 10.9. The van der Waals surface area contributed by atoms with Crippen molar-refractivity contribution in [2.75, 3.05) is 4.90 Å².